The zero-order valence-electron chi connectivity index (χ0n) is 14.6. The van der Waals surface area contributed by atoms with Crippen LogP contribution >= 0.6 is 0 Å². The maximum Gasteiger partial charge on any atom is 0.262 e. The Bertz CT molecular complexity index is 810. The predicted molar refractivity (Wildman–Crippen MR) is 98.1 cm³/mol. The van der Waals surface area contributed by atoms with Crippen LogP contribution in [0.3, 0.4) is 0 Å². The molecule has 0 saturated heterocycles. The first kappa shape index (κ1) is 17.9. The second-order valence-electron chi connectivity index (χ2n) is 6.10. The van der Waals surface area contributed by atoms with Crippen LogP contribution in [0.25, 0.3) is 10.8 Å². The highest BCUT2D eigenvalue weighted by Crippen LogP contribution is 2.25. The SMILES string of the molecule is CCC(N)=Nc1cc2ccn(C(C)C)c(=O)c2c(NC(C)CO)n1. The summed E-state index contributed by atoms with van der Waals surface area (Å²) in [4.78, 5) is 21.5. The third-order valence-electron chi connectivity index (χ3n) is 3.73. The molecule has 130 valence electrons. The van der Waals surface area contributed by atoms with Gasteiger partial charge in [0.15, 0.2) is 5.82 Å². The Balaban J connectivity index is 2.73. The van der Waals surface area contributed by atoms with Crippen LogP contribution in [0.1, 0.15) is 40.2 Å². The van der Waals surface area contributed by atoms with E-state index in [4.69, 9.17) is 5.73 Å². The van der Waals surface area contributed by atoms with Crippen molar-refractivity contribution in [2.24, 2.45) is 10.7 Å². The Morgan fingerprint density at radius 1 is 1.46 bits per heavy atom. The fourth-order valence-corrected chi connectivity index (χ4v) is 2.34. The monoisotopic (exact) mass is 331 g/mol. The van der Waals surface area contributed by atoms with Crippen molar-refractivity contribution in [3.63, 3.8) is 0 Å². The molecule has 0 bridgehead atoms. The molecule has 0 fully saturated rings. The van der Waals surface area contributed by atoms with E-state index in [1.165, 1.54) is 0 Å². The summed E-state index contributed by atoms with van der Waals surface area (Å²) in [5.41, 5.74) is 5.68. The van der Waals surface area contributed by atoms with E-state index >= 15 is 0 Å². The lowest BCUT2D eigenvalue weighted by Gasteiger charge is -2.16. The van der Waals surface area contributed by atoms with Crippen LogP contribution in [-0.4, -0.2) is 33.1 Å². The van der Waals surface area contributed by atoms with Gasteiger partial charge >= 0.3 is 0 Å². The lowest BCUT2D eigenvalue weighted by atomic mass is 10.1. The van der Waals surface area contributed by atoms with Crippen molar-refractivity contribution in [2.75, 3.05) is 11.9 Å². The normalized spacial score (nSPS) is 13.5. The number of aliphatic hydroxyl groups excluding tert-OH is 1. The first-order chi connectivity index (χ1) is 11.4. The first-order valence-corrected chi connectivity index (χ1v) is 8.13. The molecule has 1 atom stereocenters. The Morgan fingerprint density at radius 2 is 2.17 bits per heavy atom. The molecule has 1 unspecified atom stereocenters. The summed E-state index contributed by atoms with van der Waals surface area (Å²) in [5, 5.41) is 13.6. The minimum absolute atomic E-state index is 0.0402. The molecular formula is C17H25N5O2. The number of hydrogen-bond acceptors (Lipinski definition) is 5. The van der Waals surface area contributed by atoms with E-state index < -0.39 is 0 Å². The van der Waals surface area contributed by atoms with Crippen LogP contribution in [0.5, 0.6) is 0 Å². The summed E-state index contributed by atoms with van der Waals surface area (Å²) in [7, 11) is 0. The quantitative estimate of drug-likeness (QED) is 0.556. The molecule has 0 saturated carbocycles. The molecule has 2 aromatic rings. The van der Waals surface area contributed by atoms with Crippen molar-refractivity contribution in [3.05, 3.63) is 28.7 Å². The second-order valence-corrected chi connectivity index (χ2v) is 6.10. The molecule has 24 heavy (non-hydrogen) atoms. The first-order valence-electron chi connectivity index (χ1n) is 8.13. The van der Waals surface area contributed by atoms with E-state index in [1.807, 2.05) is 33.8 Å². The Kier molecular flexibility index (Phi) is 5.56. The number of nitrogens with zero attached hydrogens (tertiary/aromatic N) is 3. The summed E-state index contributed by atoms with van der Waals surface area (Å²) in [6.45, 7) is 7.55. The highest BCUT2D eigenvalue weighted by Gasteiger charge is 2.14. The summed E-state index contributed by atoms with van der Waals surface area (Å²) in [5.74, 6) is 1.33. The Morgan fingerprint density at radius 3 is 2.75 bits per heavy atom. The Hall–Kier alpha value is -2.41. The Labute approximate surface area is 141 Å². The van der Waals surface area contributed by atoms with E-state index in [9.17, 15) is 9.90 Å². The fourth-order valence-electron chi connectivity index (χ4n) is 2.34. The number of nitrogens with two attached hydrogens (primary N) is 1. The second kappa shape index (κ2) is 7.44. The minimum atomic E-state index is -0.240. The molecule has 2 heterocycles. The number of aliphatic hydroxyl groups is 1. The van der Waals surface area contributed by atoms with Gasteiger partial charge in [-0.15, -0.1) is 0 Å². The molecule has 0 amide bonds. The van der Waals surface area contributed by atoms with E-state index in [2.05, 4.69) is 15.3 Å². The fraction of sp³-hybridized carbons (Fsp3) is 0.471. The molecule has 7 heteroatoms. The number of amidine groups is 1. The van der Waals surface area contributed by atoms with Crippen molar-refractivity contribution in [3.8, 4) is 0 Å². The van der Waals surface area contributed by atoms with Gasteiger partial charge in [0.1, 0.15) is 11.7 Å². The topological polar surface area (TPSA) is 106 Å². The third-order valence-corrected chi connectivity index (χ3v) is 3.73. The summed E-state index contributed by atoms with van der Waals surface area (Å²) in [6.07, 6.45) is 2.38. The van der Waals surface area contributed by atoms with Crippen molar-refractivity contribution in [1.82, 2.24) is 9.55 Å². The number of rotatable bonds is 6. The van der Waals surface area contributed by atoms with Crippen LogP contribution in [0.2, 0.25) is 0 Å². The number of aliphatic imine (C=N–C) groups is 1. The van der Waals surface area contributed by atoms with Gasteiger partial charge in [-0.1, -0.05) is 6.92 Å². The van der Waals surface area contributed by atoms with Gasteiger partial charge in [-0.2, -0.15) is 0 Å². The molecule has 0 aliphatic rings. The van der Waals surface area contributed by atoms with Gasteiger partial charge in [-0.25, -0.2) is 9.98 Å². The molecule has 0 spiro atoms. The van der Waals surface area contributed by atoms with Gasteiger partial charge in [0, 0.05) is 24.7 Å². The molecule has 7 nitrogen and oxygen atoms in total. The highest BCUT2D eigenvalue weighted by atomic mass is 16.3. The maximum absolute atomic E-state index is 12.8. The molecule has 2 aromatic heterocycles. The zero-order chi connectivity index (χ0) is 17.9. The van der Waals surface area contributed by atoms with E-state index in [-0.39, 0.29) is 24.2 Å². The summed E-state index contributed by atoms with van der Waals surface area (Å²) < 4.78 is 1.65. The van der Waals surface area contributed by atoms with E-state index in [0.29, 0.717) is 29.3 Å². The molecule has 0 radical (unpaired) electrons. The van der Waals surface area contributed by atoms with Crippen molar-refractivity contribution >= 4 is 28.2 Å². The third kappa shape index (κ3) is 3.73. The van der Waals surface area contributed by atoms with Gasteiger partial charge < -0.3 is 20.7 Å². The van der Waals surface area contributed by atoms with Crippen molar-refractivity contribution in [2.45, 2.75) is 46.2 Å². The van der Waals surface area contributed by atoms with Crippen LogP contribution in [0, 0.1) is 0 Å². The van der Waals surface area contributed by atoms with Gasteiger partial charge in [0.25, 0.3) is 5.56 Å². The van der Waals surface area contributed by atoms with Gasteiger partial charge in [0.05, 0.1) is 12.0 Å². The molecule has 0 aliphatic carbocycles. The molecular weight excluding hydrogens is 306 g/mol. The lowest BCUT2D eigenvalue weighted by Crippen LogP contribution is -2.25. The number of anilines is 1. The molecule has 4 N–H and O–H groups in total. The van der Waals surface area contributed by atoms with Crippen molar-refractivity contribution in [1.29, 1.82) is 0 Å². The van der Waals surface area contributed by atoms with Crippen LogP contribution < -0.4 is 16.6 Å². The largest absolute Gasteiger partial charge is 0.394 e. The van der Waals surface area contributed by atoms with Crippen molar-refractivity contribution < 1.29 is 5.11 Å². The van der Waals surface area contributed by atoms with Gasteiger partial charge in [0.2, 0.25) is 0 Å². The van der Waals surface area contributed by atoms with Crippen LogP contribution in [-0.2, 0) is 0 Å². The summed E-state index contributed by atoms with van der Waals surface area (Å²) >= 11 is 0. The molecule has 2 rings (SSSR count). The number of nitrogens with one attached hydrogen (secondary N) is 1. The predicted octanol–water partition coefficient (Wildman–Crippen LogP) is 2.17. The van der Waals surface area contributed by atoms with Crippen LogP contribution in [0.4, 0.5) is 11.6 Å². The molecule has 0 aliphatic heterocycles. The van der Waals surface area contributed by atoms with E-state index in [1.54, 1.807) is 16.8 Å². The average Bonchev–Trinajstić information content (AvgIpc) is 2.54. The number of aromatic nitrogens is 2. The number of hydrogen-bond donors (Lipinski definition) is 3. The van der Waals surface area contributed by atoms with Gasteiger partial charge in [-0.05, 0) is 38.3 Å². The number of fused-ring (bicyclic) bond motifs is 1. The average molecular weight is 331 g/mol. The van der Waals surface area contributed by atoms with E-state index in [0.717, 1.165) is 5.39 Å². The smallest absolute Gasteiger partial charge is 0.262 e. The minimum Gasteiger partial charge on any atom is -0.394 e. The lowest BCUT2D eigenvalue weighted by molar-refractivity contribution is 0.281. The maximum atomic E-state index is 12.8. The number of pyridine rings is 2. The standard InChI is InChI=1S/C17H25N5O2/c1-5-13(18)20-14-8-12-6-7-22(10(2)3)17(24)15(12)16(21-14)19-11(4)9-23/h6-8,10-11,23H,5,9H2,1-4H3,(H3,18,19,20,21). The highest BCUT2D eigenvalue weighted by molar-refractivity contribution is 5.93. The van der Waals surface area contributed by atoms with Crippen LogP contribution in [0.15, 0.2) is 28.1 Å². The zero-order valence-corrected chi connectivity index (χ0v) is 14.6. The van der Waals surface area contributed by atoms with Gasteiger partial charge in [-0.3, -0.25) is 4.79 Å². The molecule has 0 aromatic carbocycles. The summed E-state index contributed by atoms with van der Waals surface area (Å²) in [6, 6.07) is 3.42.